The lowest BCUT2D eigenvalue weighted by Crippen LogP contribution is -2.29. The maximum atomic E-state index is 14.8. The van der Waals surface area contributed by atoms with Crippen LogP contribution < -0.4 is 0 Å². The summed E-state index contributed by atoms with van der Waals surface area (Å²) in [6.45, 7) is 1.52. The van der Waals surface area contributed by atoms with Gasteiger partial charge >= 0.3 is 6.18 Å². The zero-order valence-corrected chi connectivity index (χ0v) is 19.4. The van der Waals surface area contributed by atoms with Gasteiger partial charge in [-0.05, 0) is 35.6 Å². The molecule has 0 aliphatic rings. The van der Waals surface area contributed by atoms with E-state index < -0.39 is 30.4 Å². The summed E-state index contributed by atoms with van der Waals surface area (Å²) < 4.78 is 87.9. The van der Waals surface area contributed by atoms with Crippen LogP contribution in [0.3, 0.4) is 0 Å². The molecular weight excluding hydrogens is 466 g/mol. The van der Waals surface area contributed by atoms with Crippen molar-refractivity contribution in [3.05, 3.63) is 94.8 Å². The minimum absolute atomic E-state index is 0.0319. The summed E-state index contributed by atoms with van der Waals surface area (Å²) in [6, 6.07) is 15.9. The maximum Gasteiger partial charge on any atom is 0.394 e. The van der Waals surface area contributed by atoms with Crippen molar-refractivity contribution in [2.24, 2.45) is 5.92 Å². The van der Waals surface area contributed by atoms with Gasteiger partial charge < -0.3 is 4.74 Å². The first kappa shape index (κ1) is 26.5. The lowest BCUT2D eigenvalue weighted by atomic mass is 9.98. The van der Waals surface area contributed by atoms with Crippen LogP contribution in [0, 0.1) is 11.7 Å². The molecule has 0 aliphatic heterocycles. The quantitative estimate of drug-likeness (QED) is 0.215. The molecule has 0 fully saturated rings. The van der Waals surface area contributed by atoms with E-state index in [2.05, 4.69) is 4.74 Å². The molecule has 3 aromatic rings. The minimum Gasteiger partial charge on any atom is -0.384 e. The second kappa shape index (κ2) is 11.6. The third-order valence-corrected chi connectivity index (χ3v) is 5.73. The molecule has 3 rings (SSSR count). The molecule has 1 atom stereocenters. The first-order valence-electron chi connectivity index (χ1n) is 11.2. The summed E-state index contributed by atoms with van der Waals surface area (Å²) in [5, 5.41) is 0. The first-order chi connectivity index (χ1) is 16.6. The van der Waals surface area contributed by atoms with E-state index in [0.717, 1.165) is 18.4 Å². The van der Waals surface area contributed by atoms with Crippen LogP contribution in [0.4, 0.5) is 26.3 Å². The molecule has 0 radical (unpaired) electrons. The lowest BCUT2D eigenvalue weighted by Gasteiger charge is -2.19. The Morgan fingerprint density at radius 1 is 0.829 bits per heavy atom. The van der Waals surface area contributed by atoms with Crippen molar-refractivity contribution >= 4 is 11.7 Å². The van der Waals surface area contributed by atoms with E-state index >= 15 is 0 Å². The highest BCUT2D eigenvalue weighted by atomic mass is 19.4. The largest absolute Gasteiger partial charge is 0.394 e. The molecule has 0 bridgehead atoms. The standard InChI is InChI=1S/C28H26F6O/c1-3-4-18-7-14-24(25(29)16-18)20-10-12-22(13-11-20)27(31)26(30)21-8-5-19(6-9-21)15-23(17-35-2)28(32,33)34/h5-14,16,23H,3-4,15,17H2,1-2H3/b27-26-. The second-order valence-corrected chi connectivity index (χ2v) is 8.36. The number of aryl methyl sites for hydroxylation is 1. The van der Waals surface area contributed by atoms with Crippen LogP contribution in [0.25, 0.3) is 22.8 Å². The normalized spacial score (nSPS) is 13.5. The molecule has 0 N–H and O–H groups in total. The van der Waals surface area contributed by atoms with Gasteiger partial charge in [-0.15, -0.1) is 0 Å². The Kier molecular flexibility index (Phi) is 8.78. The van der Waals surface area contributed by atoms with Crippen LogP contribution in [-0.4, -0.2) is 19.9 Å². The molecule has 1 unspecified atom stereocenters. The highest BCUT2D eigenvalue weighted by molar-refractivity contribution is 5.83. The van der Waals surface area contributed by atoms with Gasteiger partial charge in [-0.2, -0.15) is 13.2 Å². The third kappa shape index (κ3) is 6.75. The molecule has 0 saturated heterocycles. The monoisotopic (exact) mass is 492 g/mol. The highest BCUT2D eigenvalue weighted by Gasteiger charge is 2.39. The lowest BCUT2D eigenvalue weighted by molar-refractivity contribution is -0.185. The Bertz CT molecular complexity index is 1150. The molecule has 7 heteroatoms. The minimum atomic E-state index is -4.43. The Morgan fingerprint density at radius 3 is 1.86 bits per heavy atom. The summed E-state index contributed by atoms with van der Waals surface area (Å²) in [5.41, 5.74) is 1.99. The fourth-order valence-corrected chi connectivity index (χ4v) is 3.83. The molecule has 0 aromatic heterocycles. The van der Waals surface area contributed by atoms with E-state index in [1.54, 1.807) is 6.07 Å². The molecular formula is C28H26F6O. The second-order valence-electron chi connectivity index (χ2n) is 8.36. The predicted molar refractivity (Wildman–Crippen MR) is 126 cm³/mol. The molecule has 0 saturated carbocycles. The summed E-state index contributed by atoms with van der Waals surface area (Å²) >= 11 is 0. The van der Waals surface area contributed by atoms with Crippen LogP contribution in [0.15, 0.2) is 66.7 Å². The van der Waals surface area contributed by atoms with E-state index in [0.29, 0.717) is 16.7 Å². The summed E-state index contributed by atoms with van der Waals surface area (Å²) in [4.78, 5) is 0. The summed E-state index contributed by atoms with van der Waals surface area (Å²) in [5.74, 6) is -4.33. The van der Waals surface area contributed by atoms with Crippen LogP contribution in [-0.2, 0) is 17.6 Å². The van der Waals surface area contributed by atoms with Gasteiger partial charge in [-0.25, -0.2) is 13.2 Å². The summed E-state index contributed by atoms with van der Waals surface area (Å²) in [6.07, 6.45) is -3.10. The van der Waals surface area contributed by atoms with Gasteiger partial charge in [-0.1, -0.05) is 74.0 Å². The fourth-order valence-electron chi connectivity index (χ4n) is 3.83. The number of ether oxygens (including phenoxy) is 1. The van der Waals surface area contributed by atoms with Crippen molar-refractivity contribution in [2.75, 3.05) is 13.7 Å². The highest BCUT2D eigenvalue weighted by Crippen LogP contribution is 2.33. The van der Waals surface area contributed by atoms with Crippen molar-refractivity contribution < 1.29 is 31.1 Å². The SMILES string of the molecule is CCCc1ccc(-c2ccc(/C(F)=C(/F)c3ccc(CC(COC)C(F)(F)F)cc3)cc2)c(F)c1. The smallest absolute Gasteiger partial charge is 0.384 e. The van der Waals surface area contributed by atoms with E-state index in [-0.39, 0.29) is 23.4 Å². The zero-order valence-electron chi connectivity index (χ0n) is 19.4. The molecule has 0 spiro atoms. The fraction of sp³-hybridized carbons (Fsp3) is 0.286. The number of hydrogen-bond acceptors (Lipinski definition) is 1. The Morgan fingerprint density at radius 2 is 1.37 bits per heavy atom. The van der Waals surface area contributed by atoms with Crippen LogP contribution in [0.5, 0.6) is 0 Å². The van der Waals surface area contributed by atoms with Gasteiger partial charge in [0.2, 0.25) is 0 Å². The average molecular weight is 493 g/mol. The van der Waals surface area contributed by atoms with Gasteiger partial charge in [0, 0.05) is 23.8 Å². The van der Waals surface area contributed by atoms with E-state index in [9.17, 15) is 26.3 Å². The van der Waals surface area contributed by atoms with Crippen LogP contribution in [0.2, 0.25) is 0 Å². The molecule has 186 valence electrons. The number of rotatable bonds is 9. The Balaban J connectivity index is 1.78. The van der Waals surface area contributed by atoms with Crippen molar-refractivity contribution in [1.82, 2.24) is 0 Å². The van der Waals surface area contributed by atoms with Gasteiger partial charge in [0.05, 0.1) is 12.5 Å². The van der Waals surface area contributed by atoms with Gasteiger partial charge in [0.1, 0.15) is 5.82 Å². The Labute approximate surface area is 201 Å². The van der Waals surface area contributed by atoms with E-state index in [4.69, 9.17) is 0 Å². The maximum absolute atomic E-state index is 14.8. The predicted octanol–water partition coefficient (Wildman–Crippen LogP) is 8.58. The molecule has 35 heavy (non-hydrogen) atoms. The van der Waals surface area contributed by atoms with Crippen molar-refractivity contribution in [3.8, 4) is 11.1 Å². The topological polar surface area (TPSA) is 9.23 Å². The number of alkyl halides is 3. The third-order valence-electron chi connectivity index (χ3n) is 5.73. The van der Waals surface area contributed by atoms with Crippen LogP contribution >= 0.6 is 0 Å². The average Bonchev–Trinajstić information content (AvgIpc) is 2.83. The number of halogens is 6. The zero-order chi connectivity index (χ0) is 25.6. The molecule has 0 amide bonds. The molecule has 0 heterocycles. The summed E-state index contributed by atoms with van der Waals surface area (Å²) in [7, 11) is 1.19. The van der Waals surface area contributed by atoms with Crippen LogP contribution in [0.1, 0.15) is 35.6 Å². The molecule has 0 aliphatic carbocycles. The van der Waals surface area contributed by atoms with E-state index in [1.807, 2.05) is 13.0 Å². The molecule has 3 aromatic carbocycles. The number of hydrogen-bond donors (Lipinski definition) is 0. The first-order valence-corrected chi connectivity index (χ1v) is 11.2. The van der Waals surface area contributed by atoms with E-state index in [1.165, 1.54) is 61.7 Å². The van der Waals surface area contributed by atoms with Crippen molar-refractivity contribution in [2.45, 2.75) is 32.4 Å². The van der Waals surface area contributed by atoms with Gasteiger partial charge in [-0.3, -0.25) is 0 Å². The van der Waals surface area contributed by atoms with Crippen molar-refractivity contribution in [1.29, 1.82) is 0 Å². The number of methoxy groups -OCH3 is 1. The molecule has 1 nitrogen and oxygen atoms in total. The number of benzene rings is 3. The van der Waals surface area contributed by atoms with Gasteiger partial charge in [0.25, 0.3) is 0 Å². The van der Waals surface area contributed by atoms with Crippen molar-refractivity contribution in [3.63, 3.8) is 0 Å². The Hall–Kier alpha value is -3.06. The van der Waals surface area contributed by atoms with Gasteiger partial charge in [0.15, 0.2) is 11.7 Å².